The van der Waals surface area contributed by atoms with E-state index in [1.807, 2.05) is 0 Å². The predicted molar refractivity (Wildman–Crippen MR) is 84.4 cm³/mol. The van der Waals surface area contributed by atoms with Crippen molar-refractivity contribution in [1.29, 1.82) is 0 Å². The summed E-state index contributed by atoms with van der Waals surface area (Å²) < 4.78 is 0. The van der Waals surface area contributed by atoms with E-state index < -0.39 is 0 Å². The fourth-order valence-electron chi connectivity index (χ4n) is 3.80. The van der Waals surface area contributed by atoms with Gasteiger partial charge in [-0.05, 0) is 69.7 Å². The van der Waals surface area contributed by atoms with Crippen molar-refractivity contribution in [2.24, 2.45) is 11.8 Å². The van der Waals surface area contributed by atoms with Gasteiger partial charge in [-0.25, -0.2) is 0 Å². The molecule has 0 heterocycles. The minimum absolute atomic E-state index is 0.761. The molecule has 1 atom stereocenters. The fraction of sp³-hybridized carbons (Fsp3) is 0.889. The third kappa shape index (κ3) is 4.95. The standard InChI is InChI=1S/C18H33N/c1-3-13-19-18(14-16-7-5-4-6-8-16)17-11-9-15(2)10-12-17/h7,15,17-19H,3-6,8-14H2,1-2H3. The molecule has 110 valence electrons. The minimum atomic E-state index is 0.761. The molecule has 0 aromatic carbocycles. The highest BCUT2D eigenvalue weighted by Crippen LogP contribution is 2.33. The lowest BCUT2D eigenvalue weighted by atomic mass is 9.77. The largest absolute Gasteiger partial charge is 0.313 e. The molecule has 1 nitrogen and oxygen atoms in total. The van der Waals surface area contributed by atoms with E-state index in [0.29, 0.717) is 0 Å². The number of allylic oxidation sites excluding steroid dienone is 1. The molecule has 1 fully saturated rings. The lowest BCUT2D eigenvalue weighted by Crippen LogP contribution is -2.38. The molecule has 19 heavy (non-hydrogen) atoms. The topological polar surface area (TPSA) is 12.0 Å². The fourth-order valence-corrected chi connectivity index (χ4v) is 3.80. The molecule has 0 bridgehead atoms. The van der Waals surface area contributed by atoms with Crippen LogP contribution in [0, 0.1) is 11.8 Å². The van der Waals surface area contributed by atoms with E-state index in [1.165, 1.54) is 70.8 Å². The van der Waals surface area contributed by atoms with Gasteiger partial charge in [-0.3, -0.25) is 0 Å². The van der Waals surface area contributed by atoms with E-state index in [9.17, 15) is 0 Å². The maximum atomic E-state index is 3.86. The maximum absolute atomic E-state index is 3.86. The minimum Gasteiger partial charge on any atom is -0.313 e. The van der Waals surface area contributed by atoms with Gasteiger partial charge in [0.05, 0.1) is 0 Å². The van der Waals surface area contributed by atoms with Crippen molar-refractivity contribution < 1.29 is 0 Å². The van der Waals surface area contributed by atoms with Crippen molar-refractivity contribution in [3.05, 3.63) is 11.6 Å². The van der Waals surface area contributed by atoms with Gasteiger partial charge in [-0.1, -0.05) is 38.3 Å². The van der Waals surface area contributed by atoms with Crippen molar-refractivity contribution >= 4 is 0 Å². The van der Waals surface area contributed by atoms with Gasteiger partial charge in [0.2, 0.25) is 0 Å². The van der Waals surface area contributed by atoms with Crippen LogP contribution in [-0.4, -0.2) is 12.6 Å². The molecule has 1 heteroatoms. The molecular formula is C18H33N. The van der Waals surface area contributed by atoms with Crippen molar-refractivity contribution in [2.75, 3.05) is 6.54 Å². The van der Waals surface area contributed by atoms with Crippen LogP contribution in [0.2, 0.25) is 0 Å². The van der Waals surface area contributed by atoms with Gasteiger partial charge in [0.15, 0.2) is 0 Å². The van der Waals surface area contributed by atoms with Crippen molar-refractivity contribution in [1.82, 2.24) is 5.32 Å². The van der Waals surface area contributed by atoms with Gasteiger partial charge >= 0.3 is 0 Å². The Balaban J connectivity index is 1.88. The second-order valence-corrected chi connectivity index (χ2v) is 6.89. The second kappa shape index (κ2) is 8.09. The summed E-state index contributed by atoms with van der Waals surface area (Å²) in [6.45, 7) is 5.91. The number of hydrogen-bond donors (Lipinski definition) is 1. The van der Waals surface area contributed by atoms with Crippen LogP contribution in [0.4, 0.5) is 0 Å². The van der Waals surface area contributed by atoms with E-state index >= 15 is 0 Å². The summed E-state index contributed by atoms with van der Waals surface area (Å²) in [5, 5.41) is 3.86. The van der Waals surface area contributed by atoms with E-state index in [-0.39, 0.29) is 0 Å². The van der Waals surface area contributed by atoms with Gasteiger partial charge in [0.1, 0.15) is 0 Å². The lowest BCUT2D eigenvalue weighted by molar-refractivity contribution is 0.227. The molecule has 0 aromatic rings. The summed E-state index contributed by atoms with van der Waals surface area (Å²) in [7, 11) is 0. The summed E-state index contributed by atoms with van der Waals surface area (Å²) in [5.41, 5.74) is 1.75. The Hall–Kier alpha value is -0.300. The number of rotatable bonds is 6. The highest BCUT2D eigenvalue weighted by atomic mass is 14.9. The van der Waals surface area contributed by atoms with Gasteiger partial charge in [0.25, 0.3) is 0 Å². The Kier molecular flexibility index (Phi) is 6.43. The van der Waals surface area contributed by atoms with Crippen molar-refractivity contribution in [3.63, 3.8) is 0 Å². The molecule has 2 rings (SSSR count). The quantitative estimate of drug-likeness (QED) is 0.660. The van der Waals surface area contributed by atoms with E-state index in [0.717, 1.165) is 17.9 Å². The molecule has 0 radical (unpaired) electrons. The van der Waals surface area contributed by atoms with E-state index in [2.05, 4.69) is 25.2 Å². The SMILES string of the molecule is CCCNC(CC1=CCCCC1)C1CCC(C)CC1. The summed E-state index contributed by atoms with van der Waals surface area (Å²) in [4.78, 5) is 0. The Morgan fingerprint density at radius 2 is 2.00 bits per heavy atom. The van der Waals surface area contributed by atoms with Crippen LogP contribution in [0.15, 0.2) is 11.6 Å². The zero-order valence-corrected chi connectivity index (χ0v) is 13.1. The molecule has 2 aliphatic rings. The van der Waals surface area contributed by atoms with Crippen LogP contribution >= 0.6 is 0 Å². The summed E-state index contributed by atoms with van der Waals surface area (Å²) in [6.07, 6.45) is 16.5. The zero-order valence-electron chi connectivity index (χ0n) is 13.1. The molecule has 1 saturated carbocycles. The van der Waals surface area contributed by atoms with Crippen LogP contribution in [0.5, 0.6) is 0 Å². The smallest absolute Gasteiger partial charge is 0.0132 e. The molecular weight excluding hydrogens is 230 g/mol. The van der Waals surface area contributed by atoms with Crippen LogP contribution in [0.1, 0.15) is 78.1 Å². The third-order valence-corrected chi connectivity index (χ3v) is 5.15. The Bertz CT molecular complexity index is 273. The second-order valence-electron chi connectivity index (χ2n) is 6.89. The normalized spacial score (nSPS) is 29.9. The van der Waals surface area contributed by atoms with Crippen molar-refractivity contribution in [3.8, 4) is 0 Å². The first-order chi connectivity index (χ1) is 9.29. The number of nitrogens with one attached hydrogen (secondary N) is 1. The highest BCUT2D eigenvalue weighted by Gasteiger charge is 2.26. The molecule has 2 aliphatic carbocycles. The summed E-state index contributed by atoms with van der Waals surface area (Å²) >= 11 is 0. The van der Waals surface area contributed by atoms with Gasteiger partial charge in [-0.15, -0.1) is 0 Å². The van der Waals surface area contributed by atoms with Crippen LogP contribution in [0.3, 0.4) is 0 Å². The summed E-state index contributed by atoms with van der Waals surface area (Å²) in [5.74, 6) is 1.91. The first kappa shape index (κ1) is 15.1. The molecule has 1 N–H and O–H groups in total. The van der Waals surface area contributed by atoms with Gasteiger partial charge in [0, 0.05) is 6.04 Å². The lowest BCUT2D eigenvalue weighted by Gasteiger charge is -2.34. The van der Waals surface area contributed by atoms with Crippen LogP contribution in [0.25, 0.3) is 0 Å². The van der Waals surface area contributed by atoms with Crippen molar-refractivity contribution in [2.45, 2.75) is 84.1 Å². The summed E-state index contributed by atoms with van der Waals surface area (Å²) in [6, 6.07) is 0.761. The molecule has 1 unspecified atom stereocenters. The monoisotopic (exact) mass is 263 g/mol. The Morgan fingerprint density at radius 3 is 2.63 bits per heavy atom. The van der Waals surface area contributed by atoms with Gasteiger partial charge < -0.3 is 5.32 Å². The van der Waals surface area contributed by atoms with Crippen LogP contribution < -0.4 is 5.32 Å². The average Bonchev–Trinajstić information content (AvgIpc) is 2.45. The molecule has 0 amide bonds. The van der Waals surface area contributed by atoms with Gasteiger partial charge in [-0.2, -0.15) is 0 Å². The third-order valence-electron chi connectivity index (χ3n) is 5.15. The molecule has 0 aliphatic heterocycles. The van der Waals surface area contributed by atoms with E-state index in [1.54, 1.807) is 5.57 Å². The molecule has 0 saturated heterocycles. The Labute approximate surface area is 120 Å². The maximum Gasteiger partial charge on any atom is 0.0132 e. The average molecular weight is 263 g/mol. The first-order valence-electron chi connectivity index (χ1n) is 8.71. The highest BCUT2D eigenvalue weighted by molar-refractivity contribution is 5.08. The molecule has 0 spiro atoms. The Morgan fingerprint density at radius 1 is 1.21 bits per heavy atom. The predicted octanol–water partition coefficient (Wildman–Crippen LogP) is 5.07. The number of hydrogen-bond acceptors (Lipinski definition) is 1. The molecule has 0 aromatic heterocycles. The van der Waals surface area contributed by atoms with Crippen LogP contribution in [-0.2, 0) is 0 Å². The van der Waals surface area contributed by atoms with E-state index in [4.69, 9.17) is 0 Å². The first-order valence-corrected chi connectivity index (χ1v) is 8.71. The zero-order chi connectivity index (χ0) is 13.5.